The van der Waals surface area contributed by atoms with E-state index in [4.69, 9.17) is 9.47 Å². The maximum Gasteiger partial charge on any atom is 0.223 e. The van der Waals surface area contributed by atoms with E-state index in [-0.39, 0.29) is 24.1 Å². The van der Waals surface area contributed by atoms with Gasteiger partial charge in [-0.15, -0.1) is 0 Å². The van der Waals surface area contributed by atoms with Crippen molar-refractivity contribution < 1.29 is 18.7 Å². The normalized spacial score (nSPS) is 14.1. The average Bonchev–Trinajstić information content (AvgIpc) is 3.47. The van der Waals surface area contributed by atoms with Gasteiger partial charge in [-0.25, -0.2) is 9.37 Å². The number of carbonyl (C=O) groups is 1. The molecule has 1 unspecified atom stereocenters. The lowest BCUT2D eigenvalue weighted by atomic mass is 9.92. The number of benzene rings is 3. The summed E-state index contributed by atoms with van der Waals surface area (Å²) in [5.74, 6) is 0.763. The summed E-state index contributed by atoms with van der Waals surface area (Å²) < 4.78 is 28.0. The molecule has 3 aromatic carbocycles. The maximum atomic E-state index is 14.4. The van der Waals surface area contributed by atoms with Crippen molar-refractivity contribution in [2.75, 3.05) is 38.2 Å². The van der Waals surface area contributed by atoms with E-state index >= 15 is 0 Å². The van der Waals surface area contributed by atoms with Gasteiger partial charge in [-0.3, -0.25) is 4.79 Å². The number of imidazole rings is 1. The number of hydrogen-bond acceptors (Lipinski definition) is 5. The SMILES string of the molecule is COc1ccccc1N1CCN(C(=O)CC(c2cccc(F)c2)c2cnc3c(OCc4ccccc4)cccn23)CC1. The summed E-state index contributed by atoms with van der Waals surface area (Å²) in [5.41, 5.74) is 4.28. The highest BCUT2D eigenvalue weighted by Gasteiger charge is 2.28. The standard InChI is InChI=1S/C34H33FN4O3/c1-41-31-14-6-5-13-29(31)37-17-19-38(20-18-37)33(40)22-28(26-11-7-12-27(35)21-26)30-23-36-34-32(15-8-16-39(30)34)42-24-25-9-3-2-4-10-25/h2-16,21,23,28H,17-20,22,24H2,1H3. The van der Waals surface area contributed by atoms with Crippen molar-refractivity contribution in [3.8, 4) is 11.5 Å². The molecular formula is C34H33FN4O3. The number of halogens is 1. The number of ether oxygens (including phenoxy) is 2. The number of amides is 1. The van der Waals surface area contributed by atoms with E-state index in [0.717, 1.165) is 28.3 Å². The molecule has 1 atom stereocenters. The van der Waals surface area contributed by atoms with Gasteiger partial charge in [0.25, 0.3) is 0 Å². The van der Waals surface area contributed by atoms with Gasteiger partial charge in [0, 0.05) is 50.9 Å². The monoisotopic (exact) mass is 564 g/mol. The Morgan fingerprint density at radius 3 is 2.45 bits per heavy atom. The van der Waals surface area contributed by atoms with Gasteiger partial charge in [0.1, 0.15) is 18.2 Å². The molecule has 1 amide bonds. The molecule has 2 aromatic heterocycles. The number of rotatable bonds is 9. The molecule has 8 heteroatoms. The van der Waals surface area contributed by atoms with Crippen molar-refractivity contribution in [2.45, 2.75) is 18.9 Å². The third-order valence-corrected chi connectivity index (χ3v) is 7.81. The molecule has 0 radical (unpaired) electrons. The topological polar surface area (TPSA) is 59.3 Å². The minimum absolute atomic E-state index is 0.0235. The van der Waals surface area contributed by atoms with E-state index in [2.05, 4.69) is 9.88 Å². The third-order valence-electron chi connectivity index (χ3n) is 7.81. The van der Waals surface area contributed by atoms with E-state index in [1.54, 1.807) is 19.4 Å². The van der Waals surface area contributed by atoms with Crippen LogP contribution in [-0.2, 0) is 11.4 Å². The van der Waals surface area contributed by atoms with E-state index < -0.39 is 0 Å². The molecule has 1 fully saturated rings. The van der Waals surface area contributed by atoms with Crippen LogP contribution in [0.2, 0.25) is 0 Å². The highest BCUT2D eigenvalue weighted by Crippen LogP contribution is 2.33. The molecule has 7 nitrogen and oxygen atoms in total. The Hall–Kier alpha value is -4.85. The lowest BCUT2D eigenvalue weighted by molar-refractivity contribution is -0.131. The largest absolute Gasteiger partial charge is 0.495 e. The first-order chi connectivity index (χ1) is 20.6. The minimum atomic E-state index is -0.389. The number of aromatic nitrogens is 2. The van der Waals surface area contributed by atoms with Crippen molar-refractivity contribution in [1.29, 1.82) is 0 Å². The molecular weight excluding hydrogens is 531 g/mol. The minimum Gasteiger partial charge on any atom is -0.495 e. The Kier molecular flexibility index (Phi) is 8.03. The van der Waals surface area contributed by atoms with Crippen LogP contribution in [-0.4, -0.2) is 53.5 Å². The summed E-state index contributed by atoms with van der Waals surface area (Å²) in [4.78, 5) is 22.5. The van der Waals surface area contributed by atoms with Crippen molar-refractivity contribution >= 4 is 17.2 Å². The van der Waals surface area contributed by atoms with Crippen molar-refractivity contribution in [3.63, 3.8) is 0 Å². The van der Waals surface area contributed by atoms with Crippen LogP contribution in [0.5, 0.6) is 11.5 Å². The Labute approximate surface area is 244 Å². The van der Waals surface area contributed by atoms with Crippen LogP contribution in [0.1, 0.15) is 29.2 Å². The zero-order valence-corrected chi connectivity index (χ0v) is 23.5. The van der Waals surface area contributed by atoms with Crippen LogP contribution in [0.3, 0.4) is 0 Å². The number of methoxy groups -OCH3 is 1. The zero-order valence-electron chi connectivity index (χ0n) is 23.5. The Morgan fingerprint density at radius 2 is 1.67 bits per heavy atom. The molecule has 3 heterocycles. The van der Waals surface area contributed by atoms with Gasteiger partial charge in [0.15, 0.2) is 11.4 Å². The van der Waals surface area contributed by atoms with Gasteiger partial charge >= 0.3 is 0 Å². The number of carbonyl (C=O) groups excluding carboxylic acids is 1. The van der Waals surface area contributed by atoms with Crippen molar-refractivity contribution in [1.82, 2.24) is 14.3 Å². The molecule has 6 rings (SSSR count). The van der Waals surface area contributed by atoms with Crippen LogP contribution in [0.25, 0.3) is 5.65 Å². The van der Waals surface area contributed by atoms with E-state index in [9.17, 15) is 9.18 Å². The molecule has 214 valence electrons. The summed E-state index contributed by atoms with van der Waals surface area (Å²) in [6, 6.07) is 28.2. The Bertz CT molecular complexity index is 1660. The van der Waals surface area contributed by atoms with Crippen LogP contribution in [0.15, 0.2) is 103 Å². The molecule has 1 aliphatic rings. The van der Waals surface area contributed by atoms with Gasteiger partial charge in [-0.2, -0.15) is 0 Å². The smallest absolute Gasteiger partial charge is 0.223 e. The first-order valence-electron chi connectivity index (χ1n) is 14.1. The third kappa shape index (κ3) is 5.79. The fraction of sp³-hybridized carbons (Fsp3) is 0.235. The number of anilines is 1. The van der Waals surface area contributed by atoms with Crippen LogP contribution >= 0.6 is 0 Å². The quantitative estimate of drug-likeness (QED) is 0.222. The predicted molar refractivity (Wildman–Crippen MR) is 161 cm³/mol. The highest BCUT2D eigenvalue weighted by atomic mass is 19.1. The van der Waals surface area contributed by atoms with E-state index in [1.165, 1.54) is 12.1 Å². The first-order valence-corrected chi connectivity index (χ1v) is 14.1. The summed E-state index contributed by atoms with van der Waals surface area (Å²) >= 11 is 0. The number of nitrogens with zero attached hydrogens (tertiary/aromatic N) is 4. The molecule has 0 bridgehead atoms. The van der Waals surface area contributed by atoms with Crippen LogP contribution in [0.4, 0.5) is 10.1 Å². The van der Waals surface area contributed by atoms with Crippen LogP contribution < -0.4 is 14.4 Å². The number of fused-ring (bicyclic) bond motifs is 1. The Morgan fingerprint density at radius 1 is 0.905 bits per heavy atom. The highest BCUT2D eigenvalue weighted by molar-refractivity contribution is 5.78. The number of pyridine rings is 1. The van der Waals surface area contributed by atoms with Gasteiger partial charge < -0.3 is 23.7 Å². The zero-order chi connectivity index (χ0) is 28.9. The Balaban J connectivity index is 1.23. The molecule has 42 heavy (non-hydrogen) atoms. The van der Waals surface area contributed by atoms with Gasteiger partial charge in [0.2, 0.25) is 5.91 Å². The lowest BCUT2D eigenvalue weighted by Crippen LogP contribution is -2.49. The second-order valence-corrected chi connectivity index (χ2v) is 10.4. The summed E-state index contributed by atoms with van der Waals surface area (Å²) in [5, 5.41) is 0. The number of piperazine rings is 1. The van der Waals surface area contributed by atoms with Crippen molar-refractivity contribution in [2.24, 2.45) is 0 Å². The van der Waals surface area contributed by atoms with Crippen LogP contribution in [0, 0.1) is 5.82 Å². The first kappa shape index (κ1) is 27.3. The van der Waals surface area contributed by atoms with E-state index in [0.29, 0.717) is 44.2 Å². The number of para-hydroxylation sites is 2. The maximum absolute atomic E-state index is 14.4. The molecule has 5 aromatic rings. The lowest BCUT2D eigenvalue weighted by Gasteiger charge is -2.37. The van der Waals surface area contributed by atoms with E-state index in [1.807, 2.05) is 88.3 Å². The molecule has 0 spiro atoms. The van der Waals surface area contributed by atoms with Crippen molar-refractivity contribution in [3.05, 3.63) is 126 Å². The second-order valence-electron chi connectivity index (χ2n) is 10.4. The molecule has 0 saturated carbocycles. The molecule has 1 saturated heterocycles. The van der Waals surface area contributed by atoms with Gasteiger partial charge in [-0.1, -0.05) is 54.6 Å². The molecule has 0 aliphatic carbocycles. The summed E-state index contributed by atoms with van der Waals surface area (Å²) in [6.45, 7) is 3.01. The fourth-order valence-electron chi connectivity index (χ4n) is 5.62. The fourth-order valence-corrected chi connectivity index (χ4v) is 5.62. The van der Waals surface area contributed by atoms with Gasteiger partial charge in [-0.05, 0) is 47.5 Å². The average molecular weight is 565 g/mol. The second kappa shape index (κ2) is 12.3. The molecule has 1 aliphatic heterocycles. The van der Waals surface area contributed by atoms with Gasteiger partial charge in [0.05, 0.1) is 18.5 Å². The predicted octanol–water partition coefficient (Wildman–Crippen LogP) is 5.93. The molecule has 0 N–H and O–H groups in total. The number of hydrogen-bond donors (Lipinski definition) is 0. The summed E-state index contributed by atoms with van der Waals surface area (Å²) in [7, 11) is 1.67. The summed E-state index contributed by atoms with van der Waals surface area (Å²) in [6.07, 6.45) is 3.88.